The van der Waals surface area contributed by atoms with Crippen LogP contribution in [0.2, 0.25) is 0 Å². The molecule has 1 aromatic carbocycles. The minimum Gasteiger partial charge on any atom is -0.462 e. The minimum absolute atomic E-state index is 0.117. The maximum Gasteiger partial charge on any atom is 0.344 e. The lowest BCUT2D eigenvalue weighted by molar-refractivity contribution is 0.0492. The molecule has 1 rings (SSSR count). The summed E-state index contributed by atoms with van der Waals surface area (Å²) in [6, 6.07) is 0. The van der Waals surface area contributed by atoms with Gasteiger partial charge in [-0.05, 0) is 18.9 Å². The first-order valence-corrected chi connectivity index (χ1v) is 8.16. The average molecular weight is 381 g/mol. The number of rotatable bonds is 7. The van der Waals surface area contributed by atoms with Crippen molar-refractivity contribution in [1.29, 1.82) is 0 Å². The number of carbonyl (C=O) groups is 1. The first-order chi connectivity index (χ1) is 11.5. The molecule has 0 aliphatic heterocycles. The van der Waals surface area contributed by atoms with Crippen LogP contribution in [0.1, 0.15) is 23.7 Å². The molecule has 0 spiro atoms. The van der Waals surface area contributed by atoms with E-state index in [0.29, 0.717) is 0 Å². The molecule has 136 valence electrons. The Morgan fingerprint density at radius 2 is 1.72 bits per heavy atom. The summed E-state index contributed by atoms with van der Waals surface area (Å²) in [6.45, 7) is 3.92. The van der Waals surface area contributed by atoms with Crippen LogP contribution >= 0.6 is 0 Å². The van der Waals surface area contributed by atoms with Gasteiger partial charge in [0.1, 0.15) is 11.3 Å². The number of nitrogens with zero attached hydrogens (tertiary/aromatic N) is 3. The normalized spacial score (nSPS) is 10.9. The van der Waals surface area contributed by atoms with Crippen LogP contribution in [-0.2, 0) is 14.6 Å². The Bertz CT molecular complexity index is 851. The Balaban J connectivity index is 2.97. The molecule has 0 saturated heterocycles. The molecule has 0 aliphatic carbocycles. The largest absolute Gasteiger partial charge is 0.462 e. The fraction of sp³-hybridized carbons (Fsp3) is 0.308. The van der Waals surface area contributed by atoms with E-state index in [1.165, 1.54) is 6.92 Å². The summed E-state index contributed by atoms with van der Waals surface area (Å²) in [5.74, 6) is -10.5. The highest BCUT2D eigenvalue weighted by Crippen LogP contribution is 2.30. The van der Waals surface area contributed by atoms with Crippen LogP contribution in [0.3, 0.4) is 0 Å². The Hall–Kier alpha value is -2.59. The molecule has 0 aliphatic rings. The quantitative estimate of drug-likeness (QED) is 0.136. The fourth-order valence-corrected chi connectivity index (χ4v) is 2.44. The van der Waals surface area contributed by atoms with E-state index in [2.05, 4.69) is 16.4 Å². The number of carbonyl (C=O) groups excluding carboxylic acids is 1. The zero-order chi connectivity index (χ0) is 19.4. The molecule has 0 atom stereocenters. The van der Waals surface area contributed by atoms with Crippen LogP contribution in [-0.4, -0.2) is 26.7 Å². The van der Waals surface area contributed by atoms with Gasteiger partial charge in [-0.25, -0.2) is 30.8 Å². The molecule has 7 nitrogen and oxygen atoms in total. The van der Waals surface area contributed by atoms with Gasteiger partial charge in [-0.15, -0.1) is 0 Å². The van der Waals surface area contributed by atoms with Gasteiger partial charge in [-0.1, -0.05) is 11.7 Å². The number of benzene rings is 1. The summed E-state index contributed by atoms with van der Waals surface area (Å²) < 4.78 is 81.8. The smallest absolute Gasteiger partial charge is 0.344 e. The average Bonchev–Trinajstić information content (AvgIpc) is 2.54. The molecule has 25 heavy (non-hydrogen) atoms. The molecular weight excluding hydrogens is 370 g/mol. The summed E-state index contributed by atoms with van der Waals surface area (Å²) >= 11 is 0. The monoisotopic (exact) mass is 381 g/mol. The summed E-state index contributed by atoms with van der Waals surface area (Å²) in [6.07, 6.45) is -0.230. The van der Waals surface area contributed by atoms with E-state index in [-0.39, 0.29) is 11.3 Å². The highest BCUT2D eigenvalue weighted by Gasteiger charge is 2.30. The van der Waals surface area contributed by atoms with Crippen LogP contribution in [0, 0.1) is 23.3 Å². The van der Waals surface area contributed by atoms with Gasteiger partial charge in [0.05, 0.1) is 12.4 Å². The second-order valence-corrected chi connectivity index (χ2v) is 7.01. The van der Waals surface area contributed by atoms with Gasteiger partial charge in [-0.3, -0.25) is 0 Å². The zero-order valence-electron chi connectivity index (χ0n) is 12.7. The highest BCUT2D eigenvalue weighted by atomic mass is 32.2. The third-order valence-electron chi connectivity index (χ3n) is 2.91. The predicted molar refractivity (Wildman–Crippen MR) is 78.6 cm³/mol. The molecular formula is C13H11F4N3O4S. The zero-order valence-corrected chi connectivity index (χ0v) is 13.5. The molecule has 0 N–H and O–H groups in total. The Kier molecular flexibility index (Phi) is 6.54. The van der Waals surface area contributed by atoms with Gasteiger partial charge in [0, 0.05) is 9.82 Å². The van der Waals surface area contributed by atoms with Crippen LogP contribution in [0.25, 0.3) is 10.4 Å². The van der Waals surface area contributed by atoms with Crippen molar-refractivity contribution in [1.82, 2.24) is 0 Å². The van der Waals surface area contributed by atoms with Gasteiger partial charge in [0.15, 0.2) is 33.1 Å². The van der Waals surface area contributed by atoms with E-state index in [1.54, 1.807) is 0 Å². The van der Waals surface area contributed by atoms with E-state index in [1.807, 2.05) is 4.91 Å². The minimum atomic E-state index is -3.60. The maximum absolute atomic E-state index is 13.7. The van der Waals surface area contributed by atoms with Crippen LogP contribution in [0.4, 0.5) is 23.2 Å². The van der Waals surface area contributed by atoms with Crippen molar-refractivity contribution >= 4 is 21.5 Å². The summed E-state index contributed by atoms with van der Waals surface area (Å²) in [7, 11) is -3.60. The van der Waals surface area contributed by atoms with Gasteiger partial charge >= 0.3 is 5.97 Å². The van der Waals surface area contributed by atoms with Crippen molar-refractivity contribution in [3.63, 3.8) is 0 Å². The van der Waals surface area contributed by atoms with E-state index in [0.717, 1.165) is 0 Å². The van der Waals surface area contributed by atoms with E-state index >= 15 is 0 Å². The van der Waals surface area contributed by atoms with E-state index < -0.39 is 62.7 Å². The third kappa shape index (κ3) is 4.48. The molecule has 0 radical (unpaired) electrons. The standard InChI is InChI=1S/C13H11F4N3O4S/c1-6(2)25(22,23)5-3-4-24-13(21)7-8(14)10(16)12(19-20-18)11(17)9(7)15/h1,3-5H2,2H3. The molecule has 0 aromatic heterocycles. The second kappa shape index (κ2) is 7.99. The summed E-state index contributed by atoms with van der Waals surface area (Å²) in [5, 5.41) is 2.47. The molecule has 12 heteroatoms. The number of hydrogen-bond acceptors (Lipinski definition) is 5. The second-order valence-electron chi connectivity index (χ2n) is 4.68. The molecule has 0 heterocycles. The maximum atomic E-state index is 13.7. The number of allylic oxidation sites excluding steroid dienone is 1. The number of ether oxygens (including phenoxy) is 1. The molecule has 0 fully saturated rings. The van der Waals surface area contributed by atoms with Crippen LogP contribution in [0.5, 0.6) is 0 Å². The van der Waals surface area contributed by atoms with Gasteiger partial charge < -0.3 is 4.74 Å². The summed E-state index contributed by atoms with van der Waals surface area (Å²) in [4.78, 5) is 13.5. The van der Waals surface area contributed by atoms with Crippen LogP contribution in [0.15, 0.2) is 16.6 Å². The lowest BCUT2D eigenvalue weighted by Gasteiger charge is -2.09. The Morgan fingerprint density at radius 3 is 2.16 bits per heavy atom. The first-order valence-electron chi connectivity index (χ1n) is 6.51. The Morgan fingerprint density at radius 1 is 1.20 bits per heavy atom. The Labute approximate surface area is 139 Å². The molecule has 0 amide bonds. The molecule has 0 saturated carbocycles. The highest BCUT2D eigenvalue weighted by molar-refractivity contribution is 7.95. The first kappa shape index (κ1) is 20.5. The molecule has 0 unspecified atom stereocenters. The van der Waals surface area contributed by atoms with E-state index in [9.17, 15) is 30.8 Å². The van der Waals surface area contributed by atoms with Crippen LogP contribution < -0.4 is 0 Å². The van der Waals surface area contributed by atoms with Crippen molar-refractivity contribution in [2.75, 3.05) is 12.4 Å². The van der Waals surface area contributed by atoms with Crippen molar-refractivity contribution in [3.05, 3.63) is 50.8 Å². The van der Waals surface area contributed by atoms with Crippen molar-refractivity contribution in [2.24, 2.45) is 5.11 Å². The number of halogens is 4. The lowest BCUT2D eigenvalue weighted by Crippen LogP contribution is -2.16. The SMILES string of the molecule is C=C(C)S(=O)(=O)CCCOC(=O)c1c(F)c(F)c(N=[N+]=[N-])c(F)c1F. The van der Waals surface area contributed by atoms with E-state index in [4.69, 9.17) is 5.53 Å². The topological polar surface area (TPSA) is 109 Å². The lowest BCUT2D eigenvalue weighted by atomic mass is 10.1. The van der Waals surface area contributed by atoms with Gasteiger partial charge in [0.2, 0.25) is 0 Å². The number of sulfone groups is 1. The van der Waals surface area contributed by atoms with Crippen molar-refractivity contribution in [3.8, 4) is 0 Å². The number of esters is 1. The summed E-state index contributed by atoms with van der Waals surface area (Å²) in [5.41, 5.74) is 4.88. The van der Waals surface area contributed by atoms with Crippen molar-refractivity contribution in [2.45, 2.75) is 13.3 Å². The fourth-order valence-electron chi connectivity index (χ4n) is 1.59. The number of azide groups is 1. The van der Waals surface area contributed by atoms with Gasteiger partial charge in [-0.2, -0.15) is 0 Å². The third-order valence-corrected chi connectivity index (χ3v) is 4.80. The van der Waals surface area contributed by atoms with Gasteiger partial charge in [0.25, 0.3) is 0 Å². The molecule has 1 aromatic rings. The molecule has 0 bridgehead atoms. The van der Waals surface area contributed by atoms with Crippen molar-refractivity contribution < 1.29 is 35.5 Å². The number of hydrogen-bond donors (Lipinski definition) is 0. The predicted octanol–water partition coefficient (Wildman–Crippen LogP) is 3.68.